The minimum Gasteiger partial charge on any atom is -0.549 e. The van der Waals surface area contributed by atoms with E-state index in [-0.39, 0.29) is 5.75 Å². The smallest absolute Gasteiger partial charge is 0.164 e. The molecule has 1 heterocycles. The van der Waals surface area contributed by atoms with Gasteiger partial charge in [0.25, 0.3) is 0 Å². The molecule has 0 spiro atoms. The van der Waals surface area contributed by atoms with Crippen LogP contribution in [0.4, 0.5) is 0 Å². The Balaban J connectivity index is 2.11. The molecule has 146 valence electrons. The monoisotopic (exact) mass is 416 g/mol. The highest BCUT2D eigenvalue weighted by Gasteiger charge is 2.14. The van der Waals surface area contributed by atoms with Gasteiger partial charge in [-0.1, -0.05) is 12.1 Å². The number of hydrogen-bond donors (Lipinski definition) is 0. The Labute approximate surface area is 170 Å². The van der Waals surface area contributed by atoms with Gasteiger partial charge in [0.1, 0.15) is 10.8 Å². The van der Waals surface area contributed by atoms with Crippen LogP contribution in [0, 0.1) is 0 Å². The summed E-state index contributed by atoms with van der Waals surface area (Å²) in [6.07, 6.45) is 1.84. The van der Waals surface area contributed by atoms with Crippen LogP contribution >= 0.6 is 23.1 Å². The van der Waals surface area contributed by atoms with Crippen molar-refractivity contribution in [3.8, 4) is 17.2 Å². The molecule has 0 atom stereocenters. The number of aliphatic carboxylic acids is 1. The van der Waals surface area contributed by atoms with E-state index in [2.05, 4.69) is 4.98 Å². The number of para-hydroxylation sites is 1. The molecule has 3 aromatic rings. The summed E-state index contributed by atoms with van der Waals surface area (Å²) < 4.78 is 17.2. The zero-order chi connectivity index (χ0) is 20.1. The fourth-order valence-electron chi connectivity index (χ4n) is 2.59. The first-order valence-electron chi connectivity index (χ1n) is 8.26. The van der Waals surface area contributed by atoms with Gasteiger partial charge >= 0.3 is 0 Å². The maximum atomic E-state index is 11.0. The topological polar surface area (TPSA) is 80.7 Å². The lowest BCUT2D eigenvalue weighted by Crippen LogP contribution is -2.24. The summed E-state index contributed by atoms with van der Waals surface area (Å²) in [5, 5.41) is 11.8. The molecular formula is C20H18NO5S2-. The van der Waals surface area contributed by atoms with Crippen LogP contribution in [-0.4, -0.2) is 38.0 Å². The quantitative estimate of drug-likeness (QED) is 0.557. The number of aromatic nitrogens is 1. The van der Waals surface area contributed by atoms with E-state index >= 15 is 0 Å². The highest BCUT2D eigenvalue weighted by atomic mass is 32.2. The van der Waals surface area contributed by atoms with Crippen molar-refractivity contribution in [2.75, 3.05) is 27.1 Å². The van der Waals surface area contributed by atoms with Crippen molar-refractivity contribution in [3.05, 3.63) is 47.0 Å². The predicted molar refractivity (Wildman–Crippen MR) is 111 cm³/mol. The number of nitrogens with zero attached hydrogens (tertiary/aromatic N) is 1. The molecule has 2 aromatic carbocycles. The van der Waals surface area contributed by atoms with Crippen LogP contribution in [0.15, 0.2) is 36.4 Å². The molecule has 8 heteroatoms. The number of carbonyl (C=O) groups is 1. The lowest BCUT2D eigenvalue weighted by atomic mass is 10.1. The molecule has 1 aromatic heterocycles. The van der Waals surface area contributed by atoms with Crippen molar-refractivity contribution in [2.24, 2.45) is 0 Å². The number of thioether (sulfide) groups is 1. The van der Waals surface area contributed by atoms with E-state index in [0.717, 1.165) is 32.5 Å². The Morgan fingerprint density at radius 3 is 2.43 bits per heavy atom. The zero-order valence-electron chi connectivity index (χ0n) is 15.6. The Kier molecular flexibility index (Phi) is 6.43. The van der Waals surface area contributed by atoms with Crippen LogP contribution in [0.25, 0.3) is 21.2 Å². The van der Waals surface area contributed by atoms with Crippen LogP contribution in [0.2, 0.25) is 0 Å². The van der Waals surface area contributed by atoms with Crippen molar-refractivity contribution in [2.45, 2.75) is 0 Å². The third-order valence-electron chi connectivity index (χ3n) is 3.87. The van der Waals surface area contributed by atoms with Gasteiger partial charge in [-0.3, -0.25) is 0 Å². The lowest BCUT2D eigenvalue weighted by molar-refractivity contribution is -0.301. The molecule has 0 aliphatic carbocycles. The number of benzene rings is 2. The van der Waals surface area contributed by atoms with E-state index in [1.165, 1.54) is 11.3 Å². The molecule has 0 saturated carbocycles. The Morgan fingerprint density at radius 1 is 1.11 bits per heavy atom. The lowest BCUT2D eigenvalue weighted by Gasteiger charge is -2.13. The summed E-state index contributed by atoms with van der Waals surface area (Å²) in [7, 11) is 4.66. The molecule has 0 aliphatic rings. The van der Waals surface area contributed by atoms with Gasteiger partial charge in [-0.15, -0.1) is 23.1 Å². The number of carboxylic acids is 1. The molecule has 3 rings (SSSR count). The van der Waals surface area contributed by atoms with Gasteiger partial charge in [0.15, 0.2) is 11.5 Å². The van der Waals surface area contributed by atoms with Crippen molar-refractivity contribution in [1.82, 2.24) is 4.98 Å². The van der Waals surface area contributed by atoms with E-state index in [0.29, 0.717) is 22.2 Å². The Bertz CT molecular complexity index is 996. The molecule has 28 heavy (non-hydrogen) atoms. The summed E-state index contributed by atoms with van der Waals surface area (Å²) in [5.41, 5.74) is 1.59. The fraction of sp³-hybridized carbons (Fsp3) is 0.200. The molecule has 0 saturated heterocycles. The van der Waals surface area contributed by atoms with Gasteiger partial charge in [0.2, 0.25) is 0 Å². The van der Waals surface area contributed by atoms with Crippen LogP contribution in [0.3, 0.4) is 0 Å². The van der Waals surface area contributed by atoms with Gasteiger partial charge < -0.3 is 24.1 Å². The van der Waals surface area contributed by atoms with Crippen LogP contribution in [0.1, 0.15) is 10.6 Å². The molecule has 0 bridgehead atoms. The van der Waals surface area contributed by atoms with Crippen LogP contribution < -0.4 is 19.3 Å². The maximum absolute atomic E-state index is 11.0. The standard InChI is InChI=1S/C20H19NO5S2/c1-24-14-10-16(26-3)15(25-2)8-12(14)9-18(27-11-19(22)23)20-21-13-6-4-5-7-17(13)28-20/h4-10H,11H2,1-3H3,(H,22,23)/p-1/b18-9-. The second-order valence-corrected chi connectivity index (χ2v) is 7.65. The second kappa shape index (κ2) is 8.99. The highest BCUT2D eigenvalue weighted by molar-refractivity contribution is 8.09. The number of hydrogen-bond acceptors (Lipinski definition) is 8. The molecule has 0 aliphatic heterocycles. The number of fused-ring (bicyclic) bond motifs is 1. The van der Waals surface area contributed by atoms with E-state index < -0.39 is 5.97 Å². The fourth-order valence-corrected chi connectivity index (χ4v) is 4.42. The second-order valence-electron chi connectivity index (χ2n) is 5.61. The zero-order valence-corrected chi connectivity index (χ0v) is 17.2. The van der Waals surface area contributed by atoms with Gasteiger partial charge in [0, 0.05) is 22.3 Å². The predicted octanol–water partition coefficient (Wildman–Crippen LogP) is 3.30. The van der Waals surface area contributed by atoms with Crippen LogP contribution in [0.5, 0.6) is 17.2 Å². The van der Waals surface area contributed by atoms with Crippen molar-refractivity contribution in [3.63, 3.8) is 0 Å². The number of rotatable bonds is 8. The van der Waals surface area contributed by atoms with Gasteiger partial charge in [0.05, 0.1) is 37.5 Å². The summed E-state index contributed by atoms with van der Waals surface area (Å²) in [4.78, 5) is 16.4. The Hall–Kier alpha value is -2.71. The molecule has 0 N–H and O–H groups in total. The van der Waals surface area contributed by atoms with E-state index in [4.69, 9.17) is 14.2 Å². The SMILES string of the molecule is COc1cc(OC)c(OC)cc1/C=C(\SCC(=O)[O-])c1nc2ccccc2s1. The average molecular weight is 417 g/mol. The van der Waals surface area contributed by atoms with E-state index in [1.807, 2.05) is 30.3 Å². The summed E-state index contributed by atoms with van der Waals surface area (Å²) in [6, 6.07) is 11.3. The number of methoxy groups -OCH3 is 3. The molecule has 6 nitrogen and oxygen atoms in total. The number of carbonyl (C=O) groups excluding carboxylic acids is 1. The van der Waals surface area contributed by atoms with Crippen LogP contribution in [-0.2, 0) is 4.79 Å². The van der Waals surface area contributed by atoms with E-state index in [9.17, 15) is 9.90 Å². The average Bonchev–Trinajstić information content (AvgIpc) is 3.14. The number of thiazole rings is 1. The first-order valence-corrected chi connectivity index (χ1v) is 10.1. The van der Waals surface area contributed by atoms with Crippen molar-refractivity contribution in [1.29, 1.82) is 0 Å². The van der Waals surface area contributed by atoms with Crippen molar-refractivity contribution >= 4 is 50.3 Å². The first-order chi connectivity index (χ1) is 13.5. The van der Waals surface area contributed by atoms with Crippen molar-refractivity contribution < 1.29 is 24.1 Å². The molecule has 0 unspecified atom stereocenters. The third-order valence-corrected chi connectivity index (χ3v) is 6.07. The minimum absolute atomic E-state index is 0.183. The summed E-state index contributed by atoms with van der Waals surface area (Å²) in [6.45, 7) is 0. The maximum Gasteiger partial charge on any atom is 0.164 e. The molecule has 0 radical (unpaired) electrons. The number of carboxylic acid groups (broad SMARTS) is 1. The molecule has 0 amide bonds. The Morgan fingerprint density at radius 2 is 1.79 bits per heavy atom. The molecule has 0 fully saturated rings. The number of ether oxygens (including phenoxy) is 3. The first kappa shape index (κ1) is 20.0. The van der Waals surface area contributed by atoms with E-state index in [1.54, 1.807) is 33.5 Å². The van der Waals surface area contributed by atoms with Gasteiger partial charge in [-0.2, -0.15) is 0 Å². The largest absolute Gasteiger partial charge is 0.549 e. The minimum atomic E-state index is -1.14. The molecular weight excluding hydrogens is 398 g/mol. The summed E-state index contributed by atoms with van der Waals surface area (Å²) >= 11 is 2.65. The third kappa shape index (κ3) is 4.40. The highest BCUT2D eigenvalue weighted by Crippen LogP contribution is 2.40. The van der Waals surface area contributed by atoms with Gasteiger partial charge in [-0.25, -0.2) is 4.98 Å². The summed E-state index contributed by atoms with van der Waals surface area (Å²) in [5.74, 6) is 0.335. The normalized spacial score (nSPS) is 11.5. The van der Waals surface area contributed by atoms with Gasteiger partial charge in [-0.05, 0) is 24.3 Å².